The Balaban J connectivity index is 2.21. The van der Waals surface area contributed by atoms with Gasteiger partial charge in [0, 0.05) is 10.9 Å². The van der Waals surface area contributed by atoms with Crippen LogP contribution in [-0.4, -0.2) is 6.54 Å². The molecule has 4 heteroatoms. The summed E-state index contributed by atoms with van der Waals surface area (Å²) in [6, 6.07) is 9.60. The lowest BCUT2D eigenvalue weighted by atomic mass is 10.0. The molecule has 0 aliphatic rings. The monoisotopic (exact) mass is 327 g/mol. The minimum atomic E-state index is -0.200. The van der Waals surface area contributed by atoms with Crippen molar-refractivity contribution in [3.63, 3.8) is 0 Å². The molecular weight excluding hydrogens is 313 g/mol. The molecule has 0 spiro atoms. The van der Waals surface area contributed by atoms with Crippen LogP contribution in [0.3, 0.4) is 0 Å². The molecule has 2 rings (SSSR count). The Bertz CT molecular complexity index is 499. The molecule has 0 saturated carbocycles. The van der Waals surface area contributed by atoms with Crippen molar-refractivity contribution in [3.05, 3.63) is 56.4 Å². The van der Waals surface area contributed by atoms with E-state index in [0.717, 1.165) is 18.5 Å². The van der Waals surface area contributed by atoms with Crippen molar-refractivity contribution in [1.82, 2.24) is 5.32 Å². The van der Waals surface area contributed by atoms with Gasteiger partial charge in [-0.2, -0.15) is 0 Å². The van der Waals surface area contributed by atoms with Crippen molar-refractivity contribution in [2.24, 2.45) is 0 Å². The summed E-state index contributed by atoms with van der Waals surface area (Å²) >= 11 is 5.05. The van der Waals surface area contributed by atoms with Crippen molar-refractivity contribution >= 4 is 27.3 Å². The largest absolute Gasteiger partial charge is 0.309 e. The first-order chi connectivity index (χ1) is 8.72. The van der Waals surface area contributed by atoms with Gasteiger partial charge in [0.05, 0.1) is 4.47 Å². The van der Waals surface area contributed by atoms with E-state index in [1.807, 2.05) is 12.1 Å². The van der Waals surface area contributed by atoms with Gasteiger partial charge in [-0.05, 0) is 52.0 Å². The van der Waals surface area contributed by atoms with Gasteiger partial charge in [-0.25, -0.2) is 4.39 Å². The van der Waals surface area contributed by atoms with Gasteiger partial charge in [-0.15, -0.1) is 11.3 Å². The molecule has 1 atom stereocenters. The van der Waals surface area contributed by atoms with E-state index in [1.54, 1.807) is 17.4 Å². The number of likely N-dealkylation sites (N-methyl/N-ethyl adjacent to an activating group) is 1. The van der Waals surface area contributed by atoms with Crippen molar-refractivity contribution in [1.29, 1.82) is 0 Å². The summed E-state index contributed by atoms with van der Waals surface area (Å²) in [6.07, 6.45) is 0.784. The van der Waals surface area contributed by atoms with Crippen LogP contribution in [0.5, 0.6) is 0 Å². The summed E-state index contributed by atoms with van der Waals surface area (Å²) < 4.78 is 14.1. The summed E-state index contributed by atoms with van der Waals surface area (Å²) in [7, 11) is 0. The first-order valence-electron chi connectivity index (χ1n) is 5.92. The average Bonchev–Trinajstić information content (AvgIpc) is 2.88. The molecule has 0 amide bonds. The second-order valence-electron chi connectivity index (χ2n) is 4.04. The Hall–Kier alpha value is -0.710. The van der Waals surface area contributed by atoms with E-state index in [9.17, 15) is 4.39 Å². The highest BCUT2D eigenvalue weighted by Gasteiger charge is 2.15. The molecule has 1 N–H and O–H groups in total. The van der Waals surface area contributed by atoms with Crippen LogP contribution >= 0.6 is 27.3 Å². The third-order valence-corrected chi connectivity index (χ3v) is 4.67. The molecule has 2 aromatic rings. The maximum absolute atomic E-state index is 13.5. The van der Waals surface area contributed by atoms with Crippen LogP contribution < -0.4 is 5.32 Å². The van der Waals surface area contributed by atoms with E-state index in [0.29, 0.717) is 4.47 Å². The van der Waals surface area contributed by atoms with Crippen molar-refractivity contribution in [3.8, 4) is 0 Å². The van der Waals surface area contributed by atoms with E-state index in [-0.39, 0.29) is 11.9 Å². The maximum Gasteiger partial charge on any atom is 0.137 e. The number of rotatable bonds is 5. The van der Waals surface area contributed by atoms with Gasteiger partial charge < -0.3 is 5.32 Å². The van der Waals surface area contributed by atoms with Crippen molar-refractivity contribution in [2.45, 2.75) is 19.4 Å². The number of thiophene rings is 1. The van der Waals surface area contributed by atoms with Crippen LogP contribution in [0, 0.1) is 5.82 Å². The number of nitrogens with one attached hydrogen (secondary N) is 1. The highest BCUT2D eigenvalue weighted by Crippen LogP contribution is 2.27. The fourth-order valence-electron chi connectivity index (χ4n) is 1.94. The minimum absolute atomic E-state index is 0.200. The number of benzene rings is 1. The summed E-state index contributed by atoms with van der Waals surface area (Å²) in [4.78, 5) is 1.29. The number of hydrogen-bond acceptors (Lipinski definition) is 2. The molecule has 18 heavy (non-hydrogen) atoms. The van der Waals surface area contributed by atoms with Gasteiger partial charge in [0.2, 0.25) is 0 Å². The number of hydrogen-bond donors (Lipinski definition) is 1. The van der Waals surface area contributed by atoms with E-state index >= 15 is 0 Å². The fourth-order valence-corrected chi connectivity index (χ4v) is 3.16. The number of halogens is 2. The van der Waals surface area contributed by atoms with Crippen LogP contribution in [0.2, 0.25) is 0 Å². The zero-order chi connectivity index (χ0) is 13.0. The standard InChI is InChI=1S/C14H15BrFNS/c1-2-17-12(13-7-4-8-18-13)9-10-5-3-6-11(16)14(10)15/h3-8,12,17H,2,9H2,1H3. The molecule has 0 fully saturated rings. The average molecular weight is 328 g/mol. The highest BCUT2D eigenvalue weighted by atomic mass is 79.9. The molecular formula is C14H15BrFNS. The second-order valence-corrected chi connectivity index (χ2v) is 5.82. The summed E-state index contributed by atoms with van der Waals surface area (Å²) in [6.45, 7) is 2.98. The smallest absolute Gasteiger partial charge is 0.137 e. The van der Waals surface area contributed by atoms with E-state index < -0.39 is 0 Å². The first-order valence-corrected chi connectivity index (χ1v) is 7.59. The van der Waals surface area contributed by atoms with Crippen LogP contribution in [0.15, 0.2) is 40.2 Å². The van der Waals surface area contributed by atoms with Crippen LogP contribution in [0.1, 0.15) is 23.4 Å². The SMILES string of the molecule is CCNC(Cc1cccc(F)c1Br)c1cccs1. The molecule has 1 aromatic heterocycles. The predicted octanol–water partition coefficient (Wildman–Crippen LogP) is 4.54. The molecule has 0 aliphatic heterocycles. The van der Waals surface area contributed by atoms with E-state index in [2.05, 4.69) is 39.6 Å². The molecule has 1 aromatic carbocycles. The molecule has 0 aliphatic carbocycles. The van der Waals surface area contributed by atoms with Crippen molar-refractivity contribution in [2.75, 3.05) is 6.54 Å². The Labute approximate surface area is 119 Å². The molecule has 0 radical (unpaired) electrons. The Morgan fingerprint density at radius 1 is 1.33 bits per heavy atom. The van der Waals surface area contributed by atoms with Gasteiger partial charge in [-0.1, -0.05) is 25.1 Å². The molecule has 96 valence electrons. The molecule has 0 saturated heterocycles. The summed E-state index contributed by atoms with van der Waals surface area (Å²) in [5.74, 6) is -0.200. The van der Waals surface area contributed by atoms with Crippen LogP contribution in [0.4, 0.5) is 4.39 Å². The topological polar surface area (TPSA) is 12.0 Å². The predicted molar refractivity (Wildman–Crippen MR) is 78.5 cm³/mol. The first kappa shape index (κ1) is 13.7. The molecule has 1 heterocycles. The lowest BCUT2D eigenvalue weighted by Gasteiger charge is -2.17. The normalized spacial score (nSPS) is 12.6. The lowest BCUT2D eigenvalue weighted by molar-refractivity contribution is 0.552. The highest BCUT2D eigenvalue weighted by molar-refractivity contribution is 9.10. The molecule has 0 bridgehead atoms. The zero-order valence-electron chi connectivity index (χ0n) is 10.1. The van der Waals surface area contributed by atoms with Crippen LogP contribution in [-0.2, 0) is 6.42 Å². The quantitative estimate of drug-likeness (QED) is 0.849. The van der Waals surface area contributed by atoms with Gasteiger partial charge in [0.15, 0.2) is 0 Å². The van der Waals surface area contributed by atoms with Gasteiger partial charge in [0.25, 0.3) is 0 Å². The Morgan fingerprint density at radius 2 is 2.17 bits per heavy atom. The third-order valence-electron chi connectivity index (χ3n) is 2.79. The molecule has 1 nitrogen and oxygen atoms in total. The van der Waals surface area contributed by atoms with Gasteiger partial charge in [0.1, 0.15) is 5.82 Å². The van der Waals surface area contributed by atoms with Crippen LogP contribution in [0.25, 0.3) is 0 Å². The van der Waals surface area contributed by atoms with Gasteiger partial charge >= 0.3 is 0 Å². The fraction of sp³-hybridized carbons (Fsp3) is 0.286. The molecule has 1 unspecified atom stereocenters. The summed E-state index contributed by atoms with van der Waals surface area (Å²) in [5.41, 5.74) is 0.995. The Morgan fingerprint density at radius 3 is 2.83 bits per heavy atom. The van der Waals surface area contributed by atoms with E-state index in [4.69, 9.17) is 0 Å². The van der Waals surface area contributed by atoms with Gasteiger partial charge in [-0.3, -0.25) is 0 Å². The van der Waals surface area contributed by atoms with Crippen molar-refractivity contribution < 1.29 is 4.39 Å². The second kappa shape index (κ2) is 6.45. The maximum atomic E-state index is 13.5. The third kappa shape index (κ3) is 3.19. The Kier molecular flexibility index (Phi) is 4.92. The summed E-state index contributed by atoms with van der Waals surface area (Å²) in [5, 5.41) is 5.52. The van der Waals surface area contributed by atoms with E-state index in [1.165, 1.54) is 10.9 Å². The lowest BCUT2D eigenvalue weighted by Crippen LogP contribution is -2.22. The minimum Gasteiger partial charge on any atom is -0.309 e. The zero-order valence-corrected chi connectivity index (χ0v) is 12.5.